The number of carbonyl (C=O) groups excluding carboxylic acids is 1. The Morgan fingerprint density at radius 2 is 1.83 bits per heavy atom. The van der Waals surface area contributed by atoms with Gasteiger partial charge in [-0.3, -0.25) is 13.5 Å². The molecule has 0 saturated heterocycles. The molecule has 0 aliphatic heterocycles. The highest BCUT2D eigenvalue weighted by molar-refractivity contribution is 7.86. The number of hydrogen-bond donors (Lipinski definition) is 4. The Morgan fingerprint density at radius 3 is 2.25 bits per heavy atom. The second kappa shape index (κ2) is 8.88. The molecule has 0 spiro atoms. The number of phosphoric ester groups is 1. The fraction of sp³-hybridized carbons (Fsp3) is 0.818. The lowest BCUT2D eigenvalue weighted by Gasteiger charge is -2.30. The third kappa shape index (κ3) is 9.96. The minimum absolute atomic E-state index is 0.0870. The Kier molecular flexibility index (Phi) is 8.50. The summed E-state index contributed by atoms with van der Waals surface area (Å²) in [4.78, 5) is 39.3. The van der Waals surface area contributed by atoms with Gasteiger partial charge in [-0.15, -0.1) is 0 Å². The van der Waals surface area contributed by atoms with Gasteiger partial charge in [0.05, 0.1) is 12.4 Å². The molecule has 13 heteroatoms. The minimum Gasteiger partial charge on any atom is -0.479 e. The van der Waals surface area contributed by atoms with Crippen molar-refractivity contribution in [2.75, 3.05) is 18.9 Å². The summed E-state index contributed by atoms with van der Waals surface area (Å²) in [5, 5.41) is 11.4. The summed E-state index contributed by atoms with van der Waals surface area (Å²) in [6, 6.07) is 0. The molecule has 0 fully saturated rings. The molecule has 0 heterocycles. The second-order valence-electron chi connectivity index (χ2n) is 5.66. The van der Waals surface area contributed by atoms with E-state index in [0.717, 1.165) is 0 Å². The average molecular weight is 391 g/mol. The van der Waals surface area contributed by atoms with Crippen LogP contribution in [0.3, 0.4) is 0 Å². The van der Waals surface area contributed by atoms with Crippen LogP contribution in [0.25, 0.3) is 0 Å². The first kappa shape index (κ1) is 23.0. The van der Waals surface area contributed by atoms with Crippen LogP contribution < -0.4 is 5.32 Å². The zero-order chi connectivity index (χ0) is 19.2. The smallest absolute Gasteiger partial charge is 0.470 e. The van der Waals surface area contributed by atoms with Crippen molar-refractivity contribution in [3.63, 3.8) is 0 Å². The molecule has 4 N–H and O–H groups in total. The van der Waals surface area contributed by atoms with Crippen molar-refractivity contribution < 1.29 is 46.2 Å². The van der Waals surface area contributed by atoms with Gasteiger partial charge >= 0.3 is 13.8 Å². The quantitative estimate of drug-likeness (QED) is 0.203. The molecule has 1 amide bonds. The lowest BCUT2D eigenvalue weighted by atomic mass is 9.88. The van der Waals surface area contributed by atoms with Gasteiger partial charge in [0.1, 0.15) is 0 Å². The number of phosphoric acid groups is 1. The highest BCUT2D eigenvalue weighted by Gasteiger charge is 2.42. The minimum atomic E-state index is -5.09. The number of amides is 1. The number of hydrogen-bond acceptors (Lipinski definition) is 7. The Labute approximate surface area is 139 Å². The van der Waals surface area contributed by atoms with E-state index in [2.05, 4.69) is 9.84 Å². The molecule has 0 bridgehead atoms. The van der Waals surface area contributed by atoms with Gasteiger partial charge in [0.15, 0.2) is 6.10 Å². The number of carbonyl (C=O) groups is 2. The zero-order valence-electron chi connectivity index (χ0n) is 13.5. The largest absolute Gasteiger partial charge is 0.479 e. The van der Waals surface area contributed by atoms with Crippen molar-refractivity contribution in [3.05, 3.63) is 0 Å². The van der Waals surface area contributed by atoms with Gasteiger partial charge < -0.3 is 20.2 Å². The normalized spacial score (nSPS) is 14.2. The summed E-state index contributed by atoms with van der Waals surface area (Å²) in [6.07, 6.45) is -1.89. The standard InChI is InChI=1S/C11H22NO10PS/c1-8(13)12-5-4-6-24(19,20)21-7-11(2,3)9(10(14)15)22-23(16,17)18/h9H,4-7H2,1-3H3,(H,12,13)(H,14,15)(H2,16,17,18)/t9-/m0/s1. The van der Waals surface area contributed by atoms with Crippen LogP contribution in [0.2, 0.25) is 0 Å². The van der Waals surface area contributed by atoms with E-state index in [1.807, 2.05) is 0 Å². The molecule has 1 atom stereocenters. The fourth-order valence-corrected chi connectivity index (χ4v) is 3.30. The van der Waals surface area contributed by atoms with E-state index in [4.69, 9.17) is 19.1 Å². The summed E-state index contributed by atoms with van der Waals surface area (Å²) in [6.45, 7) is 3.20. The molecule has 11 nitrogen and oxygen atoms in total. The van der Waals surface area contributed by atoms with Crippen LogP contribution in [-0.2, 0) is 33.0 Å². The van der Waals surface area contributed by atoms with Crippen LogP contribution in [0.15, 0.2) is 0 Å². The van der Waals surface area contributed by atoms with E-state index < -0.39 is 47.8 Å². The fourth-order valence-electron chi connectivity index (χ4n) is 1.55. The molecule has 0 aliphatic carbocycles. The molecular formula is C11H22NO10PS. The maximum Gasteiger partial charge on any atom is 0.470 e. The molecule has 0 saturated carbocycles. The Bertz CT molecular complexity index is 596. The van der Waals surface area contributed by atoms with Crippen LogP contribution in [0.1, 0.15) is 27.2 Å². The van der Waals surface area contributed by atoms with Gasteiger partial charge in [-0.1, -0.05) is 13.8 Å². The highest BCUT2D eigenvalue weighted by Crippen LogP contribution is 2.42. The van der Waals surface area contributed by atoms with E-state index in [-0.39, 0.29) is 18.9 Å². The van der Waals surface area contributed by atoms with E-state index in [1.165, 1.54) is 20.8 Å². The maximum absolute atomic E-state index is 11.7. The lowest BCUT2D eigenvalue weighted by molar-refractivity contribution is -0.153. The van der Waals surface area contributed by atoms with Crippen molar-refractivity contribution in [1.29, 1.82) is 0 Å². The lowest BCUT2D eigenvalue weighted by Crippen LogP contribution is -2.42. The number of rotatable bonds is 11. The predicted molar refractivity (Wildman–Crippen MR) is 81.4 cm³/mol. The summed E-state index contributed by atoms with van der Waals surface area (Å²) in [7, 11) is -9.10. The van der Waals surface area contributed by atoms with Gasteiger partial charge in [0, 0.05) is 18.9 Å². The summed E-state index contributed by atoms with van der Waals surface area (Å²) in [5.74, 6) is -2.40. The number of carboxylic acids is 1. The summed E-state index contributed by atoms with van der Waals surface area (Å²) < 4.78 is 43.2. The Hall–Kier alpha value is -1.04. The highest BCUT2D eigenvalue weighted by atomic mass is 32.2. The number of aliphatic carboxylic acids is 1. The van der Waals surface area contributed by atoms with Crippen molar-refractivity contribution in [2.45, 2.75) is 33.3 Å². The van der Waals surface area contributed by atoms with E-state index in [0.29, 0.717) is 0 Å². The summed E-state index contributed by atoms with van der Waals surface area (Å²) >= 11 is 0. The van der Waals surface area contributed by atoms with Crippen LogP contribution in [-0.4, -0.2) is 60.2 Å². The van der Waals surface area contributed by atoms with E-state index in [9.17, 15) is 22.6 Å². The molecule has 24 heavy (non-hydrogen) atoms. The zero-order valence-corrected chi connectivity index (χ0v) is 15.2. The maximum atomic E-state index is 11.7. The van der Waals surface area contributed by atoms with Crippen molar-refractivity contribution in [2.24, 2.45) is 5.41 Å². The van der Waals surface area contributed by atoms with Crippen LogP contribution in [0.5, 0.6) is 0 Å². The molecule has 0 aromatic rings. The SMILES string of the molecule is CC(=O)NCCCS(=O)(=O)OCC(C)(C)[C@@H](OP(=O)(O)O)C(=O)O. The molecule has 142 valence electrons. The Morgan fingerprint density at radius 1 is 1.29 bits per heavy atom. The monoisotopic (exact) mass is 391 g/mol. The van der Waals surface area contributed by atoms with Crippen molar-refractivity contribution >= 4 is 29.8 Å². The van der Waals surface area contributed by atoms with Gasteiger partial charge in [-0.05, 0) is 6.42 Å². The average Bonchev–Trinajstić information content (AvgIpc) is 2.38. The Balaban J connectivity index is 4.74. The molecule has 0 rings (SSSR count). The first-order valence-electron chi connectivity index (χ1n) is 6.74. The molecular weight excluding hydrogens is 369 g/mol. The van der Waals surface area contributed by atoms with Crippen LogP contribution in [0, 0.1) is 5.41 Å². The van der Waals surface area contributed by atoms with Crippen molar-refractivity contribution in [1.82, 2.24) is 5.32 Å². The second-order valence-corrected chi connectivity index (χ2v) is 8.61. The van der Waals surface area contributed by atoms with Crippen molar-refractivity contribution in [3.8, 4) is 0 Å². The third-order valence-corrected chi connectivity index (χ3v) is 4.48. The van der Waals surface area contributed by atoms with Gasteiger partial charge in [0.25, 0.3) is 10.1 Å². The molecule has 0 aromatic heterocycles. The first-order chi connectivity index (χ1) is 10.7. The number of carboxylic acid groups (broad SMARTS) is 1. The molecule has 0 unspecified atom stereocenters. The van der Waals surface area contributed by atoms with Crippen LogP contribution in [0.4, 0.5) is 0 Å². The summed E-state index contributed by atoms with van der Waals surface area (Å²) in [5.41, 5.74) is -1.54. The number of nitrogens with one attached hydrogen (secondary N) is 1. The molecule has 0 radical (unpaired) electrons. The molecule has 0 aromatic carbocycles. The van der Waals surface area contributed by atoms with Gasteiger partial charge in [-0.2, -0.15) is 8.42 Å². The van der Waals surface area contributed by atoms with Crippen LogP contribution >= 0.6 is 7.82 Å². The third-order valence-electron chi connectivity index (χ3n) is 2.73. The van der Waals surface area contributed by atoms with Gasteiger partial charge in [0.2, 0.25) is 5.91 Å². The molecule has 0 aliphatic rings. The topological polar surface area (TPSA) is 177 Å². The van der Waals surface area contributed by atoms with E-state index >= 15 is 0 Å². The predicted octanol–water partition coefficient (Wildman–Crippen LogP) is -0.552. The van der Waals surface area contributed by atoms with Gasteiger partial charge in [-0.25, -0.2) is 9.36 Å². The van der Waals surface area contributed by atoms with E-state index in [1.54, 1.807) is 0 Å². The first-order valence-corrected chi connectivity index (χ1v) is 9.85.